The Hall–Kier alpha value is -0.550. The van der Waals surface area contributed by atoms with Gasteiger partial charge < -0.3 is 5.32 Å². The summed E-state index contributed by atoms with van der Waals surface area (Å²) >= 11 is 0. The van der Waals surface area contributed by atoms with Gasteiger partial charge in [0.15, 0.2) is 0 Å². The van der Waals surface area contributed by atoms with E-state index in [1.54, 1.807) is 0 Å². The van der Waals surface area contributed by atoms with Crippen LogP contribution in [-0.4, -0.2) is 6.54 Å². The molecule has 1 unspecified atom stereocenters. The zero-order valence-corrected chi connectivity index (χ0v) is 7.34. The predicted octanol–water partition coefficient (Wildman–Crippen LogP) is 1.71. The molecule has 1 nitrogen and oxygen atoms in total. The summed E-state index contributed by atoms with van der Waals surface area (Å²) in [5.74, 6) is 0. The van der Waals surface area contributed by atoms with Gasteiger partial charge in [0.25, 0.3) is 0 Å². The van der Waals surface area contributed by atoms with E-state index in [2.05, 4.69) is 29.6 Å². The molecule has 0 bridgehead atoms. The van der Waals surface area contributed by atoms with Crippen LogP contribution in [0.3, 0.4) is 0 Å². The van der Waals surface area contributed by atoms with Crippen molar-refractivity contribution in [3.8, 4) is 0 Å². The van der Waals surface area contributed by atoms with Crippen LogP contribution in [0.25, 0.3) is 0 Å². The van der Waals surface area contributed by atoms with Crippen molar-refractivity contribution in [3.05, 3.63) is 29.8 Å². The summed E-state index contributed by atoms with van der Waals surface area (Å²) in [5.41, 5.74) is 2.77. The van der Waals surface area contributed by atoms with E-state index in [0.29, 0.717) is 0 Å². The van der Waals surface area contributed by atoms with Crippen molar-refractivity contribution in [2.75, 3.05) is 11.9 Å². The molecule has 1 aromatic carbocycles. The predicted molar refractivity (Wildman–Crippen MR) is 49.7 cm³/mol. The van der Waals surface area contributed by atoms with Crippen LogP contribution in [0.5, 0.6) is 0 Å². The lowest BCUT2D eigenvalue weighted by molar-refractivity contribution is 1.11. The SMILES string of the molecule is P.c1ccc2c(c1)CCN2. The zero-order valence-electron chi connectivity index (χ0n) is 5.93. The van der Waals surface area contributed by atoms with Crippen molar-refractivity contribution < 1.29 is 0 Å². The number of para-hydroxylation sites is 1. The van der Waals surface area contributed by atoms with Crippen LogP contribution in [0.1, 0.15) is 5.56 Å². The van der Waals surface area contributed by atoms with Gasteiger partial charge in [-0.25, -0.2) is 0 Å². The van der Waals surface area contributed by atoms with Gasteiger partial charge in [0.05, 0.1) is 0 Å². The molecule has 54 valence electrons. The van der Waals surface area contributed by atoms with E-state index in [1.807, 2.05) is 0 Å². The molecule has 1 atom stereocenters. The molecule has 1 aliphatic heterocycles. The molecule has 0 saturated carbocycles. The first-order valence-electron chi connectivity index (χ1n) is 3.28. The second kappa shape index (κ2) is 3.03. The summed E-state index contributed by atoms with van der Waals surface area (Å²) in [5, 5.41) is 3.30. The number of benzene rings is 1. The van der Waals surface area contributed by atoms with Crippen LogP contribution in [0, 0.1) is 0 Å². The van der Waals surface area contributed by atoms with Gasteiger partial charge in [-0.3, -0.25) is 0 Å². The molecule has 0 radical (unpaired) electrons. The highest BCUT2D eigenvalue weighted by atomic mass is 31.0. The van der Waals surface area contributed by atoms with Gasteiger partial charge in [-0.05, 0) is 18.1 Å². The maximum absolute atomic E-state index is 3.30. The molecule has 2 rings (SSSR count). The number of nitrogens with one attached hydrogen (secondary N) is 1. The smallest absolute Gasteiger partial charge is 0.0373 e. The van der Waals surface area contributed by atoms with E-state index in [9.17, 15) is 0 Å². The third-order valence-corrected chi connectivity index (χ3v) is 1.73. The van der Waals surface area contributed by atoms with E-state index >= 15 is 0 Å². The fourth-order valence-electron chi connectivity index (χ4n) is 1.24. The molecule has 0 saturated heterocycles. The summed E-state index contributed by atoms with van der Waals surface area (Å²) in [4.78, 5) is 0. The summed E-state index contributed by atoms with van der Waals surface area (Å²) in [6.07, 6.45) is 1.19. The van der Waals surface area contributed by atoms with Crippen LogP contribution in [0.15, 0.2) is 24.3 Å². The molecular formula is C8H12NP. The summed E-state index contributed by atoms with van der Waals surface area (Å²) in [6.45, 7) is 1.11. The van der Waals surface area contributed by atoms with Gasteiger partial charge in [-0.1, -0.05) is 18.2 Å². The molecule has 2 heteroatoms. The molecule has 0 fully saturated rings. The lowest BCUT2D eigenvalue weighted by atomic mass is 10.2. The highest BCUT2D eigenvalue weighted by Crippen LogP contribution is 2.19. The van der Waals surface area contributed by atoms with Crippen molar-refractivity contribution in [1.29, 1.82) is 0 Å². The van der Waals surface area contributed by atoms with Gasteiger partial charge >= 0.3 is 0 Å². The first-order chi connectivity index (χ1) is 4.47. The van der Waals surface area contributed by atoms with Gasteiger partial charge in [0.2, 0.25) is 0 Å². The van der Waals surface area contributed by atoms with Crippen molar-refractivity contribution in [2.45, 2.75) is 6.42 Å². The van der Waals surface area contributed by atoms with E-state index in [-0.39, 0.29) is 9.90 Å². The fourth-order valence-corrected chi connectivity index (χ4v) is 1.24. The Bertz CT molecular complexity index is 199. The number of hydrogen-bond donors (Lipinski definition) is 1. The molecule has 0 spiro atoms. The topological polar surface area (TPSA) is 12.0 Å². The van der Waals surface area contributed by atoms with Crippen LogP contribution in [0.2, 0.25) is 0 Å². The largest absolute Gasteiger partial charge is 0.384 e. The van der Waals surface area contributed by atoms with Crippen LogP contribution in [-0.2, 0) is 6.42 Å². The minimum Gasteiger partial charge on any atom is -0.384 e. The van der Waals surface area contributed by atoms with Gasteiger partial charge in [0.1, 0.15) is 0 Å². The minimum absolute atomic E-state index is 0. The second-order valence-corrected chi connectivity index (χ2v) is 2.33. The molecule has 0 aromatic heterocycles. The molecule has 1 aromatic rings. The van der Waals surface area contributed by atoms with Gasteiger partial charge in [-0.2, -0.15) is 9.90 Å². The van der Waals surface area contributed by atoms with Crippen molar-refractivity contribution in [3.63, 3.8) is 0 Å². The highest BCUT2D eigenvalue weighted by Gasteiger charge is 2.05. The van der Waals surface area contributed by atoms with E-state index < -0.39 is 0 Å². The van der Waals surface area contributed by atoms with E-state index in [0.717, 1.165) is 6.54 Å². The average Bonchev–Trinajstić information content (AvgIpc) is 2.33. The Morgan fingerprint density at radius 2 is 2.00 bits per heavy atom. The molecule has 10 heavy (non-hydrogen) atoms. The zero-order chi connectivity index (χ0) is 6.10. The Kier molecular flexibility index (Phi) is 2.29. The number of rotatable bonds is 0. The lowest BCUT2D eigenvalue weighted by Crippen LogP contribution is -1.90. The van der Waals surface area contributed by atoms with Crippen LogP contribution in [0.4, 0.5) is 5.69 Å². The molecule has 0 amide bonds. The third kappa shape index (κ3) is 1.15. The maximum Gasteiger partial charge on any atom is 0.0373 e. The normalized spacial score (nSPS) is 13.2. The van der Waals surface area contributed by atoms with Crippen molar-refractivity contribution >= 4 is 15.6 Å². The molecule has 0 aliphatic carbocycles. The van der Waals surface area contributed by atoms with Crippen LogP contribution < -0.4 is 5.32 Å². The lowest BCUT2D eigenvalue weighted by Gasteiger charge is -1.94. The summed E-state index contributed by atoms with van der Waals surface area (Å²) in [6, 6.07) is 8.46. The first kappa shape index (κ1) is 7.56. The quantitative estimate of drug-likeness (QED) is 0.559. The molecular weight excluding hydrogens is 141 g/mol. The minimum atomic E-state index is 0. The van der Waals surface area contributed by atoms with E-state index in [4.69, 9.17) is 0 Å². The number of fused-ring (bicyclic) bond motifs is 1. The Morgan fingerprint density at radius 3 is 2.80 bits per heavy atom. The first-order valence-corrected chi connectivity index (χ1v) is 3.28. The second-order valence-electron chi connectivity index (χ2n) is 2.33. The Morgan fingerprint density at radius 1 is 1.20 bits per heavy atom. The van der Waals surface area contributed by atoms with Crippen molar-refractivity contribution in [2.24, 2.45) is 0 Å². The van der Waals surface area contributed by atoms with E-state index in [1.165, 1.54) is 17.7 Å². The molecule has 1 heterocycles. The monoisotopic (exact) mass is 153 g/mol. The number of hydrogen-bond acceptors (Lipinski definition) is 1. The Labute approximate surface area is 64.5 Å². The third-order valence-electron chi connectivity index (χ3n) is 1.73. The average molecular weight is 153 g/mol. The highest BCUT2D eigenvalue weighted by molar-refractivity contribution is 6.92. The van der Waals surface area contributed by atoms with Crippen LogP contribution >= 0.6 is 9.90 Å². The van der Waals surface area contributed by atoms with Crippen molar-refractivity contribution in [1.82, 2.24) is 0 Å². The standard InChI is InChI=1S/C8H9N.H3P/c1-2-4-8-7(3-1)5-6-9-8;/h1-4,9H,5-6H2;1H3. The Balaban J connectivity index is 0.000000500. The van der Waals surface area contributed by atoms with Gasteiger partial charge in [-0.15, -0.1) is 0 Å². The molecule has 1 aliphatic rings. The summed E-state index contributed by atoms with van der Waals surface area (Å²) < 4.78 is 0. The maximum atomic E-state index is 3.30. The van der Waals surface area contributed by atoms with Gasteiger partial charge in [0, 0.05) is 12.2 Å². The molecule has 1 N–H and O–H groups in total. The number of anilines is 1. The summed E-state index contributed by atoms with van der Waals surface area (Å²) in [7, 11) is 0. The fraction of sp³-hybridized carbons (Fsp3) is 0.250.